The SMILES string of the molecule is CO[C@]1(C)C[C@@H](C)CN(C)C(C2CCNCC2)COC(=O)C(C)(C)C(=O)[C@H](C)[C@H]1O[C@@H]1O[C@H](C)C[C@H](N(C)C)[C@H]1O. The van der Waals surface area contributed by atoms with Gasteiger partial charge in [-0.2, -0.15) is 0 Å². The zero-order valence-electron chi connectivity index (χ0n) is 27.1. The summed E-state index contributed by atoms with van der Waals surface area (Å²) in [5.41, 5.74) is -2.29. The average molecular weight is 584 g/mol. The maximum atomic E-state index is 14.1. The van der Waals surface area contributed by atoms with Crippen LogP contribution in [0.25, 0.3) is 0 Å². The molecule has 3 rings (SSSR count). The average Bonchev–Trinajstić information content (AvgIpc) is 2.92. The van der Waals surface area contributed by atoms with E-state index >= 15 is 0 Å². The minimum atomic E-state index is -1.39. The van der Waals surface area contributed by atoms with Crippen LogP contribution in [0.15, 0.2) is 0 Å². The molecule has 3 saturated heterocycles. The van der Waals surface area contributed by atoms with E-state index in [1.165, 1.54) is 0 Å². The highest BCUT2D eigenvalue weighted by atomic mass is 16.7. The second-order valence-electron chi connectivity index (χ2n) is 13.9. The molecular formula is C31H57N3O7. The number of cyclic esters (lactones) is 1. The summed E-state index contributed by atoms with van der Waals surface area (Å²) in [4.78, 5) is 31.9. The first-order valence-electron chi connectivity index (χ1n) is 15.4. The molecule has 0 bridgehead atoms. The minimum absolute atomic E-state index is 0.0590. The lowest BCUT2D eigenvalue weighted by Gasteiger charge is -2.47. The molecule has 0 aromatic rings. The lowest BCUT2D eigenvalue weighted by molar-refractivity contribution is -0.295. The van der Waals surface area contributed by atoms with Gasteiger partial charge in [0.2, 0.25) is 0 Å². The number of piperidine rings is 1. The Hall–Kier alpha value is -1.14. The Morgan fingerprint density at radius 1 is 1.10 bits per heavy atom. The van der Waals surface area contributed by atoms with Gasteiger partial charge in [-0.1, -0.05) is 13.8 Å². The van der Waals surface area contributed by atoms with Crippen molar-refractivity contribution in [2.45, 2.75) is 110 Å². The van der Waals surface area contributed by atoms with Crippen LogP contribution in [0.1, 0.15) is 67.2 Å². The molecule has 0 aliphatic carbocycles. The summed E-state index contributed by atoms with van der Waals surface area (Å²) >= 11 is 0. The number of hydrogen-bond donors (Lipinski definition) is 2. The van der Waals surface area contributed by atoms with E-state index in [1.54, 1.807) is 27.9 Å². The van der Waals surface area contributed by atoms with Crippen LogP contribution in [-0.4, -0.2) is 123 Å². The summed E-state index contributed by atoms with van der Waals surface area (Å²) in [6.45, 7) is 14.1. The van der Waals surface area contributed by atoms with Crippen molar-refractivity contribution in [3.63, 3.8) is 0 Å². The Bertz CT molecular complexity index is 880. The van der Waals surface area contributed by atoms with Crippen LogP contribution < -0.4 is 5.32 Å². The van der Waals surface area contributed by atoms with E-state index in [4.69, 9.17) is 18.9 Å². The van der Waals surface area contributed by atoms with Crippen molar-refractivity contribution in [3.8, 4) is 0 Å². The number of nitrogens with one attached hydrogen (secondary N) is 1. The first-order chi connectivity index (χ1) is 19.1. The van der Waals surface area contributed by atoms with Gasteiger partial charge in [0, 0.05) is 31.7 Å². The zero-order valence-corrected chi connectivity index (χ0v) is 27.1. The van der Waals surface area contributed by atoms with Crippen LogP contribution in [0.4, 0.5) is 0 Å². The molecule has 10 heteroatoms. The third-order valence-corrected chi connectivity index (χ3v) is 9.85. The number of likely N-dealkylation sites (N-methyl/N-ethyl adjacent to an activating group) is 2. The molecule has 0 radical (unpaired) electrons. The van der Waals surface area contributed by atoms with E-state index in [-0.39, 0.29) is 36.5 Å². The number of aliphatic hydroxyl groups excluding tert-OH is 1. The Balaban J connectivity index is 1.99. The van der Waals surface area contributed by atoms with Crippen LogP contribution >= 0.6 is 0 Å². The van der Waals surface area contributed by atoms with E-state index in [0.29, 0.717) is 18.8 Å². The van der Waals surface area contributed by atoms with Crippen molar-refractivity contribution in [2.75, 3.05) is 54.5 Å². The van der Waals surface area contributed by atoms with Crippen LogP contribution in [0.5, 0.6) is 0 Å². The molecule has 41 heavy (non-hydrogen) atoms. The molecule has 0 aromatic heterocycles. The summed E-state index contributed by atoms with van der Waals surface area (Å²) in [5.74, 6) is -0.971. The fourth-order valence-corrected chi connectivity index (χ4v) is 7.29. The number of ketones is 1. The molecule has 1 unspecified atom stereocenters. The van der Waals surface area contributed by atoms with Gasteiger partial charge >= 0.3 is 5.97 Å². The molecule has 3 fully saturated rings. The van der Waals surface area contributed by atoms with E-state index in [9.17, 15) is 14.7 Å². The maximum Gasteiger partial charge on any atom is 0.319 e. The summed E-state index contributed by atoms with van der Waals surface area (Å²) in [6.07, 6.45) is 0.513. The third kappa shape index (κ3) is 7.88. The molecular weight excluding hydrogens is 526 g/mol. The molecule has 3 aliphatic heterocycles. The first kappa shape index (κ1) is 34.4. The molecule has 0 saturated carbocycles. The maximum absolute atomic E-state index is 14.1. The molecule has 238 valence electrons. The lowest BCUT2D eigenvalue weighted by atomic mass is 9.74. The number of rotatable bonds is 5. The smallest absolute Gasteiger partial charge is 0.319 e. The molecule has 10 nitrogen and oxygen atoms in total. The molecule has 0 aromatic carbocycles. The number of methoxy groups -OCH3 is 1. The van der Waals surface area contributed by atoms with E-state index in [0.717, 1.165) is 32.5 Å². The minimum Gasteiger partial charge on any atom is -0.463 e. The molecule has 2 N–H and O–H groups in total. The normalized spacial score (nSPS) is 40.9. The van der Waals surface area contributed by atoms with Crippen LogP contribution in [-0.2, 0) is 28.5 Å². The number of carbonyl (C=O) groups is 2. The predicted octanol–water partition coefficient (Wildman–Crippen LogP) is 2.32. The van der Waals surface area contributed by atoms with Gasteiger partial charge < -0.3 is 34.3 Å². The van der Waals surface area contributed by atoms with Crippen molar-refractivity contribution < 1.29 is 33.6 Å². The largest absolute Gasteiger partial charge is 0.463 e. The Morgan fingerprint density at radius 2 is 1.73 bits per heavy atom. The summed E-state index contributed by atoms with van der Waals surface area (Å²) in [5, 5.41) is 14.7. The third-order valence-electron chi connectivity index (χ3n) is 9.85. The summed E-state index contributed by atoms with van der Waals surface area (Å²) in [6, 6.07) is -0.104. The number of hydrogen-bond acceptors (Lipinski definition) is 10. The number of Topliss-reactive ketones (excluding diaryl/α,β-unsaturated/α-hetero) is 1. The second kappa shape index (κ2) is 14.1. The van der Waals surface area contributed by atoms with Gasteiger partial charge in [0.1, 0.15) is 18.1 Å². The van der Waals surface area contributed by atoms with Crippen molar-refractivity contribution in [1.29, 1.82) is 0 Å². The van der Waals surface area contributed by atoms with Gasteiger partial charge in [-0.15, -0.1) is 0 Å². The highest BCUT2D eigenvalue weighted by molar-refractivity contribution is 6.04. The fourth-order valence-electron chi connectivity index (χ4n) is 7.29. The van der Waals surface area contributed by atoms with Gasteiger partial charge in [-0.05, 0) is 99.4 Å². The predicted molar refractivity (Wildman–Crippen MR) is 157 cm³/mol. The van der Waals surface area contributed by atoms with Gasteiger partial charge in [-0.25, -0.2) is 0 Å². The monoisotopic (exact) mass is 583 g/mol. The molecule has 0 spiro atoms. The Morgan fingerprint density at radius 3 is 2.32 bits per heavy atom. The fraction of sp³-hybridized carbons (Fsp3) is 0.935. The zero-order chi connectivity index (χ0) is 30.7. The van der Waals surface area contributed by atoms with E-state index in [1.807, 2.05) is 32.8 Å². The number of aliphatic hydroxyl groups is 1. The van der Waals surface area contributed by atoms with Crippen molar-refractivity contribution >= 4 is 11.8 Å². The van der Waals surface area contributed by atoms with Gasteiger partial charge in [0.25, 0.3) is 0 Å². The number of carbonyl (C=O) groups excluding carboxylic acids is 2. The van der Waals surface area contributed by atoms with Gasteiger partial charge in [0.15, 0.2) is 12.1 Å². The van der Waals surface area contributed by atoms with Gasteiger partial charge in [-0.3, -0.25) is 14.5 Å². The Labute approximate surface area is 247 Å². The second-order valence-corrected chi connectivity index (χ2v) is 13.9. The number of esters is 1. The summed E-state index contributed by atoms with van der Waals surface area (Å²) < 4.78 is 24.9. The summed E-state index contributed by atoms with van der Waals surface area (Å²) in [7, 11) is 7.60. The van der Waals surface area contributed by atoms with Crippen molar-refractivity contribution in [1.82, 2.24) is 15.1 Å². The quantitative estimate of drug-likeness (QED) is 0.370. The number of ether oxygens (including phenoxy) is 4. The van der Waals surface area contributed by atoms with Crippen LogP contribution in [0.3, 0.4) is 0 Å². The Kier molecular flexibility index (Phi) is 11.8. The van der Waals surface area contributed by atoms with Crippen LogP contribution in [0.2, 0.25) is 0 Å². The molecule has 3 aliphatic rings. The standard InChI is InChI=1S/C31H57N3O7/c1-19-16-31(6,38-10)27(41-28-25(35)23(33(7)8)15-20(2)40-28)21(3)26(36)30(4,5)29(37)39-18-24(34(9)17-19)22-11-13-32-14-12-22/h19-25,27-28,32,35H,11-18H2,1-10H3/t19-,20-,21+,23+,24?,25-,27-,28+,31-/m1/s1. The highest BCUT2D eigenvalue weighted by Gasteiger charge is 2.51. The van der Waals surface area contributed by atoms with E-state index < -0.39 is 41.4 Å². The molecule has 9 atom stereocenters. The van der Waals surface area contributed by atoms with Crippen molar-refractivity contribution in [2.24, 2.45) is 23.2 Å². The van der Waals surface area contributed by atoms with Gasteiger partial charge in [0.05, 0.1) is 17.8 Å². The lowest BCUT2D eigenvalue weighted by Crippen LogP contribution is -2.59. The highest BCUT2D eigenvalue weighted by Crippen LogP contribution is 2.38. The number of nitrogens with zero attached hydrogens (tertiary/aromatic N) is 2. The molecule has 3 heterocycles. The van der Waals surface area contributed by atoms with Crippen LogP contribution in [0, 0.1) is 23.2 Å². The first-order valence-corrected chi connectivity index (χ1v) is 15.4. The molecule has 0 amide bonds. The topological polar surface area (TPSA) is 110 Å². The van der Waals surface area contributed by atoms with Crippen molar-refractivity contribution in [3.05, 3.63) is 0 Å². The van der Waals surface area contributed by atoms with E-state index in [2.05, 4.69) is 24.2 Å².